The smallest absolute Gasteiger partial charge is 0.328 e. The molecule has 27 heavy (non-hydrogen) atoms. The average molecular weight is 378 g/mol. The highest BCUT2D eigenvalue weighted by atomic mass is 16.6. The zero-order chi connectivity index (χ0) is 20.2. The van der Waals surface area contributed by atoms with Gasteiger partial charge in [-0.05, 0) is 44.0 Å². The van der Waals surface area contributed by atoms with Crippen LogP contribution in [0.25, 0.3) is 6.08 Å². The first-order chi connectivity index (χ1) is 12.9. The van der Waals surface area contributed by atoms with Gasteiger partial charge < -0.3 is 14.8 Å². The SMILES string of the molecule is CCOC(=O)CC[C@H](NC(=O)/C=C/c1ccc([N+](=O)[O-])cc1)C(=O)OCC. The van der Waals surface area contributed by atoms with Crippen LogP contribution in [0.3, 0.4) is 0 Å². The van der Waals surface area contributed by atoms with Crippen LogP contribution >= 0.6 is 0 Å². The number of ether oxygens (including phenoxy) is 2. The lowest BCUT2D eigenvalue weighted by atomic mass is 10.1. The Hall–Kier alpha value is -3.23. The highest BCUT2D eigenvalue weighted by molar-refractivity contribution is 5.94. The molecule has 0 bridgehead atoms. The summed E-state index contributed by atoms with van der Waals surface area (Å²) in [6.45, 7) is 3.68. The number of hydrogen-bond acceptors (Lipinski definition) is 7. The number of carbonyl (C=O) groups excluding carboxylic acids is 3. The molecule has 0 radical (unpaired) electrons. The number of nitro groups is 1. The van der Waals surface area contributed by atoms with Gasteiger partial charge in [0.15, 0.2) is 0 Å². The van der Waals surface area contributed by atoms with Crippen LogP contribution in [-0.4, -0.2) is 42.0 Å². The maximum Gasteiger partial charge on any atom is 0.328 e. The molecule has 0 heterocycles. The molecule has 0 aliphatic heterocycles. The third kappa shape index (κ3) is 8.13. The number of rotatable bonds is 10. The van der Waals surface area contributed by atoms with Crippen LogP contribution < -0.4 is 5.32 Å². The maximum absolute atomic E-state index is 12.1. The van der Waals surface area contributed by atoms with Crippen LogP contribution in [-0.2, 0) is 23.9 Å². The number of nitro benzene ring substituents is 1. The molecule has 0 saturated carbocycles. The number of carbonyl (C=O) groups is 3. The second-order valence-electron chi connectivity index (χ2n) is 5.34. The summed E-state index contributed by atoms with van der Waals surface area (Å²) >= 11 is 0. The van der Waals surface area contributed by atoms with Gasteiger partial charge in [-0.2, -0.15) is 0 Å². The van der Waals surface area contributed by atoms with Gasteiger partial charge in [0.1, 0.15) is 6.04 Å². The zero-order valence-electron chi connectivity index (χ0n) is 15.2. The molecule has 0 spiro atoms. The lowest BCUT2D eigenvalue weighted by molar-refractivity contribution is -0.384. The first-order valence-electron chi connectivity index (χ1n) is 8.42. The number of nitrogens with one attached hydrogen (secondary N) is 1. The van der Waals surface area contributed by atoms with Crippen molar-refractivity contribution in [3.8, 4) is 0 Å². The molecule has 9 nitrogen and oxygen atoms in total. The molecule has 1 aromatic rings. The molecule has 0 fully saturated rings. The summed E-state index contributed by atoms with van der Waals surface area (Å²) in [6.07, 6.45) is 2.66. The molecule has 0 aromatic heterocycles. The summed E-state index contributed by atoms with van der Waals surface area (Å²) in [5.74, 6) is -1.67. The first-order valence-corrected chi connectivity index (χ1v) is 8.42. The van der Waals surface area contributed by atoms with Crippen LogP contribution in [0.5, 0.6) is 0 Å². The van der Waals surface area contributed by atoms with E-state index in [1.807, 2.05) is 0 Å². The van der Waals surface area contributed by atoms with Crippen LogP contribution in [0, 0.1) is 10.1 Å². The van der Waals surface area contributed by atoms with Gasteiger partial charge in [0.25, 0.3) is 5.69 Å². The van der Waals surface area contributed by atoms with E-state index in [1.54, 1.807) is 13.8 Å². The Morgan fingerprint density at radius 2 is 1.78 bits per heavy atom. The summed E-state index contributed by atoms with van der Waals surface area (Å²) in [4.78, 5) is 45.5. The predicted octanol–water partition coefficient (Wildman–Crippen LogP) is 2.00. The van der Waals surface area contributed by atoms with Gasteiger partial charge in [-0.15, -0.1) is 0 Å². The number of amides is 1. The number of non-ortho nitro benzene ring substituents is 1. The fraction of sp³-hybridized carbons (Fsp3) is 0.389. The van der Waals surface area contributed by atoms with Gasteiger partial charge >= 0.3 is 11.9 Å². The van der Waals surface area contributed by atoms with Crippen molar-refractivity contribution in [2.24, 2.45) is 0 Å². The summed E-state index contributed by atoms with van der Waals surface area (Å²) in [6, 6.07) is 4.64. The van der Waals surface area contributed by atoms with Crippen molar-refractivity contribution in [3.63, 3.8) is 0 Å². The molecule has 9 heteroatoms. The molecule has 1 amide bonds. The third-order valence-electron chi connectivity index (χ3n) is 3.36. The van der Waals surface area contributed by atoms with E-state index in [0.29, 0.717) is 5.56 Å². The average Bonchev–Trinajstić information content (AvgIpc) is 2.64. The van der Waals surface area contributed by atoms with Gasteiger partial charge in [-0.3, -0.25) is 19.7 Å². The fourth-order valence-electron chi connectivity index (χ4n) is 2.09. The van der Waals surface area contributed by atoms with Crippen LogP contribution in [0.1, 0.15) is 32.3 Å². The topological polar surface area (TPSA) is 125 Å². The largest absolute Gasteiger partial charge is 0.466 e. The van der Waals surface area contributed by atoms with E-state index >= 15 is 0 Å². The van der Waals surface area contributed by atoms with E-state index in [-0.39, 0.29) is 31.7 Å². The molecule has 1 rings (SSSR count). The Balaban J connectivity index is 2.69. The van der Waals surface area contributed by atoms with Crippen molar-refractivity contribution in [2.75, 3.05) is 13.2 Å². The summed E-state index contributed by atoms with van der Waals surface area (Å²) in [7, 11) is 0. The fourth-order valence-corrected chi connectivity index (χ4v) is 2.09. The van der Waals surface area contributed by atoms with E-state index in [0.717, 1.165) is 0 Å². The lowest BCUT2D eigenvalue weighted by Gasteiger charge is -2.15. The standard InChI is InChI=1S/C18H22N2O7/c1-3-26-17(22)12-10-15(18(23)27-4-2)19-16(21)11-7-13-5-8-14(9-6-13)20(24)25/h5-9,11,15H,3-4,10,12H2,1-2H3,(H,19,21)/b11-7+/t15-/m0/s1. The van der Waals surface area contributed by atoms with E-state index in [9.17, 15) is 24.5 Å². The molecular formula is C18H22N2O7. The first kappa shape index (κ1) is 21.8. The molecule has 146 valence electrons. The van der Waals surface area contributed by atoms with Gasteiger partial charge in [-0.25, -0.2) is 4.79 Å². The minimum absolute atomic E-state index is 0.0380. The molecule has 0 saturated heterocycles. The van der Waals surface area contributed by atoms with Crippen molar-refractivity contribution in [1.82, 2.24) is 5.32 Å². The normalized spacial score (nSPS) is 11.6. The Labute approximate surface area is 156 Å². The van der Waals surface area contributed by atoms with E-state index < -0.39 is 28.8 Å². The van der Waals surface area contributed by atoms with Crippen molar-refractivity contribution in [1.29, 1.82) is 0 Å². The summed E-state index contributed by atoms with van der Waals surface area (Å²) in [5.41, 5.74) is 0.521. The minimum Gasteiger partial charge on any atom is -0.466 e. The lowest BCUT2D eigenvalue weighted by Crippen LogP contribution is -2.41. The Bertz CT molecular complexity index is 698. The minimum atomic E-state index is -0.983. The molecular weight excluding hydrogens is 356 g/mol. The Kier molecular flexibility index (Phi) is 9.21. The van der Waals surface area contributed by atoms with Crippen LogP contribution in [0.15, 0.2) is 30.3 Å². The molecule has 1 aromatic carbocycles. The molecule has 1 N–H and O–H groups in total. The highest BCUT2D eigenvalue weighted by Crippen LogP contribution is 2.12. The Morgan fingerprint density at radius 3 is 2.33 bits per heavy atom. The number of esters is 2. The number of benzene rings is 1. The summed E-state index contributed by atoms with van der Waals surface area (Å²) < 4.78 is 9.70. The predicted molar refractivity (Wildman–Crippen MR) is 96.6 cm³/mol. The van der Waals surface area contributed by atoms with E-state index in [1.165, 1.54) is 36.4 Å². The maximum atomic E-state index is 12.1. The molecule has 1 atom stereocenters. The van der Waals surface area contributed by atoms with Crippen molar-refractivity contribution >= 4 is 29.6 Å². The molecule has 0 aliphatic rings. The summed E-state index contributed by atoms with van der Waals surface area (Å²) in [5, 5.41) is 13.1. The van der Waals surface area contributed by atoms with Crippen molar-refractivity contribution in [2.45, 2.75) is 32.7 Å². The number of hydrogen-bond donors (Lipinski definition) is 1. The zero-order valence-corrected chi connectivity index (χ0v) is 15.2. The van der Waals surface area contributed by atoms with Gasteiger partial charge in [0, 0.05) is 24.6 Å². The van der Waals surface area contributed by atoms with Gasteiger partial charge in [0.2, 0.25) is 5.91 Å². The second-order valence-corrected chi connectivity index (χ2v) is 5.34. The van der Waals surface area contributed by atoms with Gasteiger partial charge in [-0.1, -0.05) is 0 Å². The Morgan fingerprint density at radius 1 is 1.15 bits per heavy atom. The van der Waals surface area contributed by atoms with Crippen molar-refractivity contribution < 1.29 is 28.8 Å². The third-order valence-corrected chi connectivity index (χ3v) is 3.36. The van der Waals surface area contributed by atoms with Gasteiger partial charge in [0.05, 0.1) is 18.1 Å². The van der Waals surface area contributed by atoms with E-state index in [4.69, 9.17) is 9.47 Å². The quantitative estimate of drug-likeness (QED) is 0.286. The van der Waals surface area contributed by atoms with Crippen molar-refractivity contribution in [3.05, 3.63) is 46.0 Å². The molecule has 0 aliphatic carbocycles. The van der Waals surface area contributed by atoms with E-state index in [2.05, 4.69) is 5.32 Å². The monoisotopic (exact) mass is 378 g/mol. The second kappa shape index (κ2) is 11.4. The van der Waals surface area contributed by atoms with Crippen LogP contribution in [0.2, 0.25) is 0 Å². The van der Waals surface area contributed by atoms with Crippen LogP contribution in [0.4, 0.5) is 5.69 Å². The number of nitrogens with zero attached hydrogens (tertiary/aromatic N) is 1. The highest BCUT2D eigenvalue weighted by Gasteiger charge is 2.22. The molecule has 0 unspecified atom stereocenters.